The van der Waals surface area contributed by atoms with Gasteiger partial charge in [-0.1, -0.05) is 248 Å². The molecule has 0 radical (unpaired) electrons. The van der Waals surface area contributed by atoms with Gasteiger partial charge in [0.05, 0.1) is 43.4 Å². The third kappa shape index (κ3) is 12.9. The zero-order valence-corrected chi connectivity index (χ0v) is 56.0. The van der Waals surface area contributed by atoms with Gasteiger partial charge in [-0.15, -0.1) is 0 Å². The summed E-state index contributed by atoms with van der Waals surface area (Å²) in [6.07, 6.45) is 0. The van der Waals surface area contributed by atoms with E-state index in [0.717, 1.165) is 35.3 Å². The highest BCUT2D eigenvalue weighted by Gasteiger charge is 2.50. The molecule has 4 rings (SSSR count). The summed E-state index contributed by atoms with van der Waals surface area (Å²) >= 11 is 0. The molecule has 0 saturated carbocycles. The average Bonchev–Trinajstić information content (AvgIpc) is 3.30. The fraction of sp³-hybridized carbons (Fsp3) is 0.606. The first-order valence-electron chi connectivity index (χ1n) is 29.6. The second-order valence-corrected chi connectivity index (χ2v) is 50.3. The highest BCUT2D eigenvalue weighted by atomic mass is 28.3. The van der Waals surface area contributed by atoms with Crippen LogP contribution >= 0.6 is 0 Å². The number of carbonyl (C=O) groups is 2. The summed E-state index contributed by atoms with van der Waals surface area (Å²) in [5, 5.41) is 8.03. The number of rotatable bonds is 26. The Morgan fingerprint density at radius 3 is 0.693 bits per heavy atom. The van der Waals surface area contributed by atoms with Gasteiger partial charge in [-0.2, -0.15) is 0 Å². The molecular weight excluding hydrogens is 983 g/mol. The Morgan fingerprint density at radius 2 is 0.507 bits per heavy atom. The maximum atomic E-state index is 14.3. The van der Waals surface area contributed by atoms with E-state index >= 15 is 0 Å². The van der Waals surface area contributed by atoms with Crippen LogP contribution in [-0.4, -0.2) is 44.2 Å². The van der Waals surface area contributed by atoms with Crippen LogP contribution in [0.25, 0.3) is 0 Å². The van der Waals surface area contributed by atoms with Gasteiger partial charge in [0.25, 0.3) is 0 Å². The van der Waals surface area contributed by atoms with E-state index in [1.54, 1.807) is 0 Å². The lowest BCUT2D eigenvalue weighted by Crippen LogP contribution is -2.80. The van der Waals surface area contributed by atoms with Gasteiger partial charge in [0.2, 0.25) is 0 Å². The highest BCUT2D eigenvalue weighted by molar-refractivity contribution is 6.98. The Balaban J connectivity index is 1.47. The first kappa shape index (κ1) is 64.2. The predicted octanol–water partition coefficient (Wildman–Crippen LogP) is 16.2. The van der Waals surface area contributed by atoms with Crippen molar-refractivity contribution in [1.29, 1.82) is 0 Å². The maximum absolute atomic E-state index is 14.3. The average molecular weight is 1090 g/mol. The first-order valence-corrected chi connectivity index (χ1v) is 38.5. The summed E-state index contributed by atoms with van der Waals surface area (Å²) in [7, 11) is -8.29. The molecule has 0 heterocycles. The Hall–Kier alpha value is -3.35. The van der Waals surface area contributed by atoms with Gasteiger partial charge in [-0.25, -0.2) is 9.59 Å². The molecule has 0 saturated heterocycles. The van der Waals surface area contributed by atoms with Crippen LogP contribution in [0.15, 0.2) is 84.9 Å². The third-order valence-electron chi connectivity index (χ3n) is 19.3. The summed E-state index contributed by atoms with van der Waals surface area (Å²) in [5.41, 5.74) is 12.3. The van der Waals surface area contributed by atoms with E-state index in [1.165, 1.54) is 31.9 Å². The van der Waals surface area contributed by atoms with Gasteiger partial charge >= 0.3 is 11.9 Å². The summed E-state index contributed by atoms with van der Waals surface area (Å²) in [6, 6.07) is 31.2. The minimum absolute atomic E-state index is 0.220. The molecule has 5 nitrogen and oxygen atoms in total. The van der Waals surface area contributed by atoms with Crippen LogP contribution in [0.2, 0.25) is 66.5 Å². The van der Waals surface area contributed by atoms with E-state index in [1.807, 2.05) is 0 Å². The van der Waals surface area contributed by atoms with E-state index in [0.29, 0.717) is 66.5 Å². The maximum Gasteiger partial charge on any atom is 0.338 e. The smallest absolute Gasteiger partial charge is 0.338 e. The van der Waals surface area contributed by atoms with Gasteiger partial charge in [-0.3, -0.25) is 0 Å². The lowest BCUT2D eigenvalue weighted by molar-refractivity contribution is -0.686. The second kappa shape index (κ2) is 26.5. The lowest BCUT2D eigenvalue weighted by Gasteiger charge is -2.47. The molecule has 75 heavy (non-hydrogen) atoms. The number of ether oxygens (including phenoxy) is 2. The fourth-order valence-electron chi connectivity index (χ4n) is 16.9. The molecule has 9 heteroatoms. The summed E-state index contributed by atoms with van der Waals surface area (Å²) in [4.78, 5) is 28.5. The van der Waals surface area contributed by atoms with Crippen molar-refractivity contribution in [3.63, 3.8) is 0 Å². The topological polar surface area (TPSA) is 69.2 Å². The summed E-state index contributed by atoms with van der Waals surface area (Å²) < 4.78 is 12.4. The number of hydrogen-bond donors (Lipinski definition) is 1. The molecule has 2 N–H and O–H groups in total. The molecule has 0 spiro atoms. The molecule has 0 bridgehead atoms. The minimum atomic E-state index is -2.07. The number of carbonyl (C=O) groups excluding carboxylic acids is 2. The Morgan fingerprint density at radius 1 is 0.320 bits per heavy atom. The van der Waals surface area contributed by atoms with E-state index < -0.39 is 32.3 Å². The third-order valence-corrected chi connectivity index (χ3v) is 47.4. The van der Waals surface area contributed by atoms with Gasteiger partial charge in [0, 0.05) is 11.1 Å². The predicted molar refractivity (Wildman–Crippen MR) is 336 cm³/mol. The van der Waals surface area contributed by atoms with Crippen molar-refractivity contribution in [3.8, 4) is 0 Å². The molecule has 0 amide bonds. The van der Waals surface area contributed by atoms with Gasteiger partial charge in [0.1, 0.15) is 26.3 Å². The lowest BCUT2D eigenvalue weighted by atomic mass is 10.1. The minimum Gasteiger partial charge on any atom is -0.457 e. The van der Waals surface area contributed by atoms with Crippen LogP contribution in [-0.2, 0) is 35.8 Å². The molecule has 0 aliphatic carbocycles. The van der Waals surface area contributed by atoms with Crippen LogP contribution in [0.3, 0.4) is 0 Å². The molecule has 0 fully saturated rings. The first-order chi connectivity index (χ1) is 34.9. The molecule has 0 unspecified atom stereocenters. The monoisotopic (exact) mass is 1090 g/mol. The molecule has 0 aromatic heterocycles. The summed E-state index contributed by atoms with van der Waals surface area (Å²) in [6.45, 7) is 60.1. The molecule has 4 aromatic rings. The summed E-state index contributed by atoms with van der Waals surface area (Å²) in [5.74, 6) is -0.441. The van der Waals surface area contributed by atoms with Crippen molar-refractivity contribution in [3.05, 3.63) is 118 Å². The zero-order valence-electron chi connectivity index (χ0n) is 52.0. The molecule has 0 aliphatic heterocycles. The van der Waals surface area contributed by atoms with Crippen LogP contribution in [0.5, 0.6) is 0 Å². The van der Waals surface area contributed by atoms with Crippen molar-refractivity contribution < 1.29 is 24.4 Å². The van der Waals surface area contributed by atoms with Gasteiger partial charge < -0.3 is 14.8 Å². The normalized spacial score (nSPS) is 13.3. The van der Waals surface area contributed by atoms with Crippen molar-refractivity contribution in [2.75, 3.05) is 0 Å². The number of quaternary nitrogens is 1. The van der Waals surface area contributed by atoms with E-state index in [-0.39, 0.29) is 25.2 Å². The molecular formula is C66H108NO4Si4+. The largest absolute Gasteiger partial charge is 0.457 e. The van der Waals surface area contributed by atoms with Crippen molar-refractivity contribution >= 4 is 65.0 Å². The molecule has 416 valence electrons. The number of hydrogen-bond acceptors (Lipinski definition) is 4. The SMILES string of the molecule is CC(C)[Si](c1cc(C(=O)OCc2ccc(C[NH2+]Cc3ccc(COC(=O)c4cc([Si](C(C)C)(C(C)C)C(C)C)cc([Si](C(C)C)(C(C)C)C(C)C)c4)cc3)cc2)cc([Si](C(C)C)(C(C)C)C(C)C)c1)(C(C)C)C(C)C. The van der Waals surface area contributed by atoms with Crippen molar-refractivity contribution in [1.82, 2.24) is 0 Å². The van der Waals surface area contributed by atoms with Crippen molar-refractivity contribution in [2.45, 2.75) is 259 Å². The quantitative estimate of drug-likeness (QED) is 0.0502. The van der Waals surface area contributed by atoms with Crippen LogP contribution in [0.4, 0.5) is 0 Å². The Bertz CT molecular complexity index is 2110. The van der Waals surface area contributed by atoms with E-state index in [9.17, 15) is 9.59 Å². The standard InChI is InChI=1S/C66H107NO4Si4/c1-43(2)72(44(3)4,45(5)6)61-33-59(34-62(37-61)73(46(7)8,47(9)10)48(11)12)65(68)70-41-57-29-25-55(26-30-57)39-67-40-56-27-31-58(32-28-56)42-71-66(69)60-35-63(74(49(13)14,50(15)16)51(17)18)38-64(36-60)75(52(19)20,53(21)22)54(23)24/h25-38,43-54,67H,39-42H2,1-24H3/p+1. The van der Waals surface area contributed by atoms with Crippen LogP contribution in [0.1, 0.15) is 209 Å². The van der Waals surface area contributed by atoms with Crippen LogP contribution < -0.4 is 26.1 Å². The highest BCUT2D eigenvalue weighted by Crippen LogP contribution is 2.46. The van der Waals surface area contributed by atoms with E-state index in [4.69, 9.17) is 9.47 Å². The Kier molecular flexibility index (Phi) is 22.7. The van der Waals surface area contributed by atoms with Gasteiger partial charge in [0.15, 0.2) is 0 Å². The number of benzene rings is 4. The zero-order chi connectivity index (χ0) is 56.7. The van der Waals surface area contributed by atoms with E-state index in [2.05, 4.69) is 256 Å². The number of esters is 2. The molecule has 0 atom stereocenters. The van der Waals surface area contributed by atoms with Gasteiger partial charge in [-0.05, 0) is 102 Å². The number of nitrogens with two attached hydrogens (primary N) is 1. The van der Waals surface area contributed by atoms with Crippen molar-refractivity contribution in [2.24, 2.45) is 0 Å². The second-order valence-electron chi connectivity index (χ2n) is 26.7. The Labute approximate surface area is 464 Å². The fourth-order valence-corrected chi connectivity index (χ4v) is 44.4. The molecule has 4 aromatic carbocycles. The van der Waals surface area contributed by atoms with Crippen LogP contribution in [0, 0.1) is 0 Å². The molecule has 0 aliphatic rings.